The van der Waals surface area contributed by atoms with Gasteiger partial charge in [-0.2, -0.15) is 10.1 Å². The molecule has 94 valence electrons. The molecule has 0 atom stereocenters. The Morgan fingerprint density at radius 2 is 2.26 bits per heavy atom. The number of aromatic amines is 1. The molecule has 7 heteroatoms. The Morgan fingerprint density at radius 1 is 1.26 bits per heavy atom. The lowest BCUT2D eigenvalue weighted by Crippen LogP contribution is -1.85. The highest BCUT2D eigenvalue weighted by Crippen LogP contribution is 2.30. The summed E-state index contributed by atoms with van der Waals surface area (Å²) in [5.74, 6) is 2.27. The van der Waals surface area contributed by atoms with Gasteiger partial charge in [0.15, 0.2) is 5.82 Å². The van der Waals surface area contributed by atoms with Gasteiger partial charge in [-0.15, -0.1) is 0 Å². The Hall–Kier alpha value is -2.70. The fraction of sp³-hybridized carbons (Fsp3) is 0.167. The maximum Gasteiger partial charge on any atom is 0.258 e. The Bertz CT molecular complexity index is 720. The van der Waals surface area contributed by atoms with Crippen LogP contribution in [0.3, 0.4) is 0 Å². The first-order valence-corrected chi connectivity index (χ1v) is 5.86. The quantitative estimate of drug-likeness (QED) is 0.745. The molecule has 0 radical (unpaired) electrons. The smallest absolute Gasteiger partial charge is 0.258 e. The molecule has 1 N–H and O–H groups in total. The molecule has 2 aromatic heterocycles. The lowest BCUT2D eigenvalue weighted by molar-refractivity contribution is 0.357. The highest BCUT2D eigenvalue weighted by atomic mass is 16.5. The van der Waals surface area contributed by atoms with Crippen molar-refractivity contribution in [2.45, 2.75) is 6.42 Å². The fourth-order valence-corrected chi connectivity index (χ4v) is 2.07. The molecule has 19 heavy (non-hydrogen) atoms. The van der Waals surface area contributed by atoms with Crippen molar-refractivity contribution in [3.05, 3.63) is 30.1 Å². The third-order valence-corrected chi connectivity index (χ3v) is 2.99. The van der Waals surface area contributed by atoms with E-state index >= 15 is 0 Å². The molecule has 4 rings (SSSR count). The first kappa shape index (κ1) is 10.2. The number of hydrogen-bond donors (Lipinski definition) is 1. The van der Waals surface area contributed by atoms with E-state index in [0.29, 0.717) is 17.5 Å². The van der Waals surface area contributed by atoms with E-state index in [4.69, 9.17) is 9.26 Å². The third kappa shape index (κ3) is 1.67. The van der Waals surface area contributed by atoms with Crippen LogP contribution in [0, 0.1) is 0 Å². The summed E-state index contributed by atoms with van der Waals surface area (Å²) in [6.45, 7) is 0.728. The molecule has 1 aliphatic rings. The van der Waals surface area contributed by atoms with Gasteiger partial charge >= 0.3 is 0 Å². The van der Waals surface area contributed by atoms with Gasteiger partial charge < -0.3 is 9.26 Å². The molecule has 1 aromatic carbocycles. The number of ether oxygens (including phenoxy) is 1. The maximum atomic E-state index is 5.46. The van der Waals surface area contributed by atoms with E-state index in [9.17, 15) is 0 Å². The highest BCUT2D eigenvalue weighted by molar-refractivity contribution is 5.59. The number of nitrogens with zero attached hydrogens (tertiary/aromatic N) is 4. The zero-order valence-corrected chi connectivity index (χ0v) is 9.83. The Labute approximate surface area is 107 Å². The Morgan fingerprint density at radius 3 is 3.16 bits per heavy atom. The molecule has 0 saturated heterocycles. The second-order valence-corrected chi connectivity index (χ2v) is 4.18. The summed E-state index contributed by atoms with van der Waals surface area (Å²) >= 11 is 0. The van der Waals surface area contributed by atoms with E-state index in [1.807, 2.05) is 18.2 Å². The van der Waals surface area contributed by atoms with Gasteiger partial charge in [-0.3, -0.25) is 5.10 Å². The summed E-state index contributed by atoms with van der Waals surface area (Å²) in [6.07, 6.45) is 2.31. The van der Waals surface area contributed by atoms with Crippen LogP contribution in [0.4, 0.5) is 0 Å². The molecular formula is C12H9N5O2. The van der Waals surface area contributed by atoms with Gasteiger partial charge in [-0.1, -0.05) is 5.16 Å². The largest absolute Gasteiger partial charge is 0.493 e. The molecule has 3 aromatic rings. The molecule has 0 saturated carbocycles. The first-order chi connectivity index (χ1) is 9.40. The van der Waals surface area contributed by atoms with E-state index in [1.54, 1.807) is 0 Å². The van der Waals surface area contributed by atoms with Crippen molar-refractivity contribution >= 4 is 0 Å². The van der Waals surface area contributed by atoms with Crippen molar-refractivity contribution in [3.8, 4) is 28.9 Å². The van der Waals surface area contributed by atoms with Crippen LogP contribution < -0.4 is 4.74 Å². The number of H-pyrrole nitrogens is 1. The molecule has 0 spiro atoms. The van der Waals surface area contributed by atoms with Crippen molar-refractivity contribution in [2.24, 2.45) is 0 Å². The summed E-state index contributed by atoms with van der Waals surface area (Å²) in [7, 11) is 0. The number of aromatic nitrogens is 5. The second-order valence-electron chi connectivity index (χ2n) is 4.18. The van der Waals surface area contributed by atoms with E-state index in [0.717, 1.165) is 29.9 Å². The number of fused-ring (bicyclic) bond motifs is 1. The van der Waals surface area contributed by atoms with Gasteiger partial charge in [0.2, 0.25) is 5.82 Å². The fourth-order valence-electron chi connectivity index (χ4n) is 2.07. The van der Waals surface area contributed by atoms with Gasteiger partial charge in [0, 0.05) is 12.0 Å². The molecule has 0 unspecified atom stereocenters. The summed E-state index contributed by atoms with van der Waals surface area (Å²) in [5, 5.41) is 10.3. The lowest BCUT2D eigenvalue weighted by atomic mass is 10.1. The van der Waals surface area contributed by atoms with Crippen LogP contribution in [0.5, 0.6) is 5.75 Å². The van der Waals surface area contributed by atoms with Crippen LogP contribution in [0.2, 0.25) is 0 Å². The number of nitrogens with one attached hydrogen (secondary N) is 1. The lowest BCUT2D eigenvalue weighted by Gasteiger charge is -1.99. The van der Waals surface area contributed by atoms with E-state index in [2.05, 4.69) is 25.3 Å². The predicted molar refractivity (Wildman–Crippen MR) is 64.3 cm³/mol. The second kappa shape index (κ2) is 3.91. The molecule has 1 aliphatic heterocycles. The zero-order valence-electron chi connectivity index (χ0n) is 9.83. The molecule has 3 heterocycles. The summed E-state index contributed by atoms with van der Waals surface area (Å²) < 4.78 is 10.7. The van der Waals surface area contributed by atoms with Crippen molar-refractivity contribution in [2.75, 3.05) is 6.61 Å². The van der Waals surface area contributed by atoms with Gasteiger partial charge in [-0.05, 0) is 23.8 Å². The summed E-state index contributed by atoms with van der Waals surface area (Å²) in [6, 6.07) is 5.85. The van der Waals surface area contributed by atoms with Gasteiger partial charge in [-0.25, -0.2) is 4.98 Å². The molecule has 0 aliphatic carbocycles. The molecular weight excluding hydrogens is 246 g/mol. The van der Waals surface area contributed by atoms with Crippen LogP contribution in [0.1, 0.15) is 5.56 Å². The first-order valence-electron chi connectivity index (χ1n) is 5.86. The highest BCUT2D eigenvalue weighted by Gasteiger charge is 2.16. The van der Waals surface area contributed by atoms with Crippen molar-refractivity contribution in [1.29, 1.82) is 0 Å². The minimum atomic E-state index is 0.393. The average molecular weight is 255 g/mol. The Balaban J connectivity index is 1.73. The van der Waals surface area contributed by atoms with E-state index in [1.165, 1.54) is 6.33 Å². The number of hydrogen-bond acceptors (Lipinski definition) is 6. The van der Waals surface area contributed by atoms with Crippen LogP contribution in [-0.4, -0.2) is 31.9 Å². The van der Waals surface area contributed by atoms with Gasteiger partial charge in [0.05, 0.1) is 6.61 Å². The number of benzene rings is 1. The zero-order chi connectivity index (χ0) is 12.7. The molecule has 0 amide bonds. The minimum Gasteiger partial charge on any atom is -0.493 e. The molecule has 7 nitrogen and oxygen atoms in total. The molecule has 0 bridgehead atoms. The summed E-state index contributed by atoms with van der Waals surface area (Å²) in [5.41, 5.74) is 2.04. The van der Waals surface area contributed by atoms with Gasteiger partial charge in [0.1, 0.15) is 12.1 Å². The average Bonchev–Trinajstić information content (AvgIpc) is 3.18. The maximum absolute atomic E-state index is 5.46. The topological polar surface area (TPSA) is 89.7 Å². The van der Waals surface area contributed by atoms with Crippen LogP contribution in [0.15, 0.2) is 29.0 Å². The van der Waals surface area contributed by atoms with Gasteiger partial charge in [0.25, 0.3) is 5.89 Å². The standard InChI is InChI=1S/C12H9N5O2/c1-2-9-7(3-4-18-9)5-8(1)12-15-11(17-19-12)10-13-6-14-16-10/h1-2,5-6H,3-4H2,(H,13,14,16). The summed E-state index contributed by atoms with van der Waals surface area (Å²) in [4.78, 5) is 8.28. The molecule has 0 fully saturated rings. The van der Waals surface area contributed by atoms with Crippen molar-refractivity contribution in [3.63, 3.8) is 0 Å². The third-order valence-electron chi connectivity index (χ3n) is 2.99. The SMILES string of the molecule is c1n[nH]c(-c2noc(-c3ccc4c(c3)CCO4)n2)n1. The van der Waals surface area contributed by atoms with E-state index in [-0.39, 0.29) is 0 Å². The van der Waals surface area contributed by atoms with Crippen LogP contribution >= 0.6 is 0 Å². The monoisotopic (exact) mass is 255 g/mol. The Kier molecular flexibility index (Phi) is 2.11. The van der Waals surface area contributed by atoms with Crippen LogP contribution in [0.25, 0.3) is 23.1 Å². The van der Waals surface area contributed by atoms with E-state index < -0.39 is 0 Å². The number of rotatable bonds is 2. The normalized spacial score (nSPS) is 13.3. The van der Waals surface area contributed by atoms with Crippen molar-refractivity contribution in [1.82, 2.24) is 25.3 Å². The predicted octanol–water partition coefficient (Wildman–Crippen LogP) is 1.46. The minimum absolute atomic E-state index is 0.393. The van der Waals surface area contributed by atoms with Crippen LogP contribution in [-0.2, 0) is 6.42 Å². The van der Waals surface area contributed by atoms with Crippen molar-refractivity contribution < 1.29 is 9.26 Å².